The van der Waals surface area contributed by atoms with E-state index < -0.39 is 0 Å². The Hall–Kier alpha value is -3.52. The topological polar surface area (TPSA) is 80.5 Å². The van der Waals surface area contributed by atoms with Gasteiger partial charge in [-0.05, 0) is 49.7 Å². The van der Waals surface area contributed by atoms with Crippen molar-refractivity contribution in [3.63, 3.8) is 0 Å². The Kier molecular flexibility index (Phi) is 6.32. The Morgan fingerprint density at radius 1 is 1.12 bits per heavy atom. The number of aromatic nitrogens is 5. The van der Waals surface area contributed by atoms with E-state index in [0.717, 1.165) is 23.2 Å². The minimum atomic E-state index is -0.212. The highest BCUT2D eigenvalue weighted by molar-refractivity contribution is 7.71. The molecule has 0 aliphatic heterocycles. The normalized spacial score (nSPS) is 11.0. The number of hydrogen-bond donors (Lipinski definition) is 2. The molecule has 0 bridgehead atoms. The van der Waals surface area contributed by atoms with Crippen molar-refractivity contribution in [2.75, 3.05) is 0 Å². The van der Waals surface area contributed by atoms with Gasteiger partial charge in [0.1, 0.15) is 5.69 Å². The quantitative estimate of drug-likeness (QED) is 0.406. The summed E-state index contributed by atoms with van der Waals surface area (Å²) in [6.45, 7) is 7.08. The van der Waals surface area contributed by atoms with Crippen LogP contribution in [-0.4, -0.2) is 30.5 Å². The van der Waals surface area contributed by atoms with Gasteiger partial charge in [0.25, 0.3) is 5.91 Å². The summed E-state index contributed by atoms with van der Waals surface area (Å²) in [6.07, 6.45) is 2.74. The third-order valence-corrected chi connectivity index (χ3v) is 5.83. The van der Waals surface area contributed by atoms with E-state index in [2.05, 4.69) is 34.6 Å². The summed E-state index contributed by atoms with van der Waals surface area (Å²) in [4.78, 5) is 13.2. The number of hydrogen-bond acceptors (Lipinski definition) is 4. The van der Waals surface area contributed by atoms with Crippen LogP contribution in [0.4, 0.5) is 0 Å². The summed E-state index contributed by atoms with van der Waals surface area (Å²) in [5, 5.41) is 14.8. The molecule has 0 saturated heterocycles. The number of amides is 1. The third kappa shape index (κ3) is 4.27. The average molecular weight is 447 g/mol. The Morgan fingerprint density at radius 3 is 2.56 bits per heavy atom. The van der Waals surface area contributed by atoms with Crippen LogP contribution in [0.25, 0.3) is 16.9 Å². The second kappa shape index (κ2) is 9.32. The molecule has 32 heavy (non-hydrogen) atoms. The summed E-state index contributed by atoms with van der Waals surface area (Å²) in [5.41, 5.74) is 5.30. The maximum atomic E-state index is 13.2. The van der Waals surface area contributed by atoms with Gasteiger partial charge in [-0.15, -0.1) is 0 Å². The number of aromatic amines is 1. The molecule has 4 aromatic rings. The number of H-pyrrole nitrogens is 1. The molecule has 0 saturated carbocycles. The van der Waals surface area contributed by atoms with Crippen LogP contribution >= 0.6 is 12.2 Å². The molecule has 8 heteroatoms. The molecular formula is C24H26N6OS. The fourth-order valence-electron chi connectivity index (χ4n) is 3.66. The zero-order valence-electron chi connectivity index (χ0n) is 18.4. The van der Waals surface area contributed by atoms with Crippen LogP contribution in [-0.2, 0) is 19.5 Å². The molecule has 164 valence electrons. The Balaban J connectivity index is 1.70. The van der Waals surface area contributed by atoms with Crippen molar-refractivity contribution in [2.45, 2.75) is 40.3 Å². The highest BCUT2D eigenvalue weighted by Gasteiger charge is 2.20. The zero-order valence-corrected chi connectivity index (χ0v) is 19.2. The highest BCUT2D eigenvalue weighted by Crippen LogP contribution is 2.25. The third-order valence-electron chi connectivity index (χ3n) is 5.52. The van der Waals surface area contributed by atoms with E-state index in [-0.39, 0.29) is 12.5 Å². The van der Waals surface area contributed by atoms with Gasteiger partial charge < -0.3 is 9.88 Å². The average Bonchev–Trinajstić information content (AvgIpc) is 3.41. The number of para-hydroxylation sites is 1. The van der Waals surface area contributed by atoms with Crippen LogP contribution < -0.4 is 5.32 Å². The van der Waals surface area contributed by atoms with E-state index in [0.29, 0.717) is 28.4 Å². The van der Waals surface area contributed by atoms with Crippen molar-refractivity contribution < 1.29 is 4.79 Å². The van der Waals surface area contributed by atoms with E-state index >= 15 is 0 Å². The largest absolute Gasteiger partial charge is 0.345 e. The minimum absolute atomic E-state index is 0.212. The van der Waals surface area contributed by atoms with E-state index in [1.165, 1.54) is 5.56 Å². The zero-order chi connectivity index (χ0) is 22.7. The lowest BCUT2D eigenvalue weighted by atomic mass is 10.0. The number of nitrogens with zero attached hydrogens (tertiary/aromatic N) is 4. The molecule has 2 N–H and O–H groups in total. The SMILES string of the molecule is CCc1ccc(-c2nn(-c3ccccc3C)cc2C(=O)NCc2n[nH]c(=S)n2CC)cc1. The molecule has 4 rings (SSSR count). The lowest BCUT2D eigenvalue weighted by Crippen LogP contribution is -2.25. The van der Waals surface area contributed by atoms with Crippen molar-refractivity contribution in [1.82, 2.24) is 29.9 Å². The smallest absolute Gasteiger partial charge is 0.255 e. The summed E-state index contributed by atoms with van der Waals surface area (Å²) >= 11 is 5.24. The van der Waals surface area contributed by atoms with Gasteiger partial charge in [0.05, 0.1) is 17.8 Å². The van der Waals surface area contributed by atoms with Gasteiger partial charge in [0, 0.05) is 18.3 Å². The van der Waals surface area contributed by atoms with E-state index in [1.54, 1.807) is 10.9 Å². The van der Waals surface area contributed by atoms with Crippen LogP contribution in [0, 0.1) is 11.7 Å². The highest BCUT2D eigenvalue weighted by atomic mass is 32.1. The number of carbonyl (C=O) groups excluding carboxylic acids is 1. The number of rotatable bonds is 7. The summed E-state index contributed by atoms with van der Waals surface area (Å²) < 4.78 is 4.17. The molecule has 0 radical (unpaired) electrons. The summed E-state index contributed by atoms with van der Waals surface area (Å²) in [6, 6.07) is 16.1. The first-order valence-electron chi connectivity index (χ1n) is 10.7. The van der Waals surface area contributed by atoms with Crippen molar-refractivity contribution in [3.8, 4) is 16.9 Å². The number of benzene rings is 2. The second-order valence-corrected chi connectivity index (χ2v) is 7.93. The predicted molar refractivity (Wildman–Crippen MR) is 127 cm³/mol. The van der Waals surface area contributed by atoms with Crippen molar-refractivity contribution >= 4 is 18.1 Å². The predicted octanol–water partition coefficient (Wildman–Crippen LogP) is 4.61. The minimum Gasteiger partial charge on any atom is -0.345 e. The molecule has 0 aliphatic rings. The first kappa shape index (κ1) is 21.7. The molecule has 2 aromatic carbocycles. The standard InChI is InChI=1S/C24H26N6OS/c1-4-17-10-12-18(13-11-17)22-19(15-30(28-22)20-9-7-6-8-16(20)3)23(31)25-14-21-26-27-24(32)29(21)5-2/h6-13,15H,4-5,14H2,1-3H3,(H,25,31)(H,27,32). The molecule has 2 aromatic heterocycles. The maximum Gasteiger partial charge on any atom is 0.255 e. The van der Waals surface area contributed by atoms with Gasteiger partial charge >= 0.3 is 0 Å². The Morgan fingerprint density at radius 2 is 1.88 bits per heavy atom. The van der Waals surface area contributed by atoms with Crippen molar-refractivity contribution in [3.05, 3.63) is 82.0 Å². The van der Waals surface area contributed by atoms with Crippen LogP contribution in [0.5, 0.6) is 0 Å². The van der Waals surface area contributed by atoms with Crippen LogP contribution in [0.15, 0.2) is 54.7 Å². The monoisotopic (exact) mass is 446 g/mol. The van der Waals surface area contributed by atoms with Gasteiger partial charge in [0.2, 0.25) is 0 Å². The fraction of sp³-hybridized carbons (Fsp3) is 0.250. The number of aryl methyl sites for hydroxylation is 2. The Bertz CT molecular complexity index is 1300. The van der Waals surface area contributed by atoms with E-state index in [1.807, 2.05) is 54.8 Å². The fourth-order valence-corrected chi connectivity index (χ4v) is 3.94. The summed E-state index contributed by atoms with van der Waals surface area (Å²) in [5.74, 6) is 0.474. The van der Waals surface area contributed by atoms with Crippen LogP contribution in [0.1, 0.15) is 41.2 Å². The molecule has 7 nitrogen and oxygen atoms in total. The van der Waals surface area contributed by atoms with E-state index in [9.17, 15) is 4.79 Å². The molecular weight excluding hydrogens is 420 g/mol. The number of carbonyl (C=O) groups is 1. The molecule has 0 aliphatic carbocycles. The van der Waals surface area contributed by atoms with Crippen LogP contribution in [0.2, 0.25) is 0 Å². The number of nitrogens with one attached hydrogen (secondary N) is 2. The molecule has 0 atom stereocenters. The molecule has 0 fully saturated rings. The van der Waals surface area contributed by atoms with E-state index in [4.69, 9.17) is 17.3 Å². The molecule has 1 amide bonds. The van der Waals surface area contributed by atoms with Gasteiger partial charge in [-0.25, -0.2) is 4.68 Å². The van der Waals surface area contributed by atoms with Crippen LogP contribution in [0.3, 0.4) is 0 Å². The molecule has 0 spiro atoms. The van der Waals surface area contributed by atoms with Gasteiger partial charge in [-0.2, -0.15) is 10.2 Å². The van der Waals surface area contributed by atoms with Gasteiger partial charge in [-0.3, -0.25) is 9.89 Å². The maximum absolute atomic E-state index is 13.2. The lowest BCUT2D eigenvalue weighted by molar-refractivity contribution is 0.0950. The lowest BCUT2D eigenvalue weighted by Gasteiger charge is -2.07. The molecule has 0 unspecified atom stereocenters. The van der Waals surface area contributed by atoms with Crippen molar-refractivity contribution in [1.29, 1.82) is 0 Å². The first-order valence-corrected chi connectivity index (χ1v) is 11.1. The Labute approximate surface area is 192 Å². The summed E-state index contributed by atoms with van der Waals surface area (Å²) in [7, 11) is 0. The van der Waals surface area contributed by atoms with Crippen molar-refractivity contribution in [2.24, 2.45) is 0 Å². The van der Waals surface area contributed by atoms with Gasteiger partial charge in [-0.1, -0.05) is 49.4 Å². The second-order valence-electron chi connectivity index (χ2n) is 7.54. The first-order chi connectivity index (χ1) is 15.5. The molecule has 2 heterocycles. The van der Waals surface area contributed by atoms with Gasteiger partial charge in [0.15, 0.2) is 10.6 Å².